The lowest BCUT2D eigenvalue weighted by Crippen LogP contribution is -2.36. The molecular formula is C23H24N4O3S. The van der Waals surface area contributed by atoms with Crippen molar-refractivity contribution in [1.82, 2.24) is 15.2 Å². The zero-order chi connectivity index (χ0) is 21.8. The molecule has 4 rings (SSSR count). The molecule has 0 saturated heterocycles. The van der Waals surface area contributed by atoms with E-state index in [2.05, 4.69) is 22.1 Å². The van der Waals surface area contributed by atoms with Crippen LogP contribution in [0, 0.1) is 0 Å². The van der Waals surface area contributed by atoms with Crippen LogP contribution in [0.4, 0.5) is 5.69 Å². The van der Waals surface area contributed by atoms with E-state index in [1.807, 2.05) is 54.8 Å². The molecule has 0 saturated carbocycles. The monoisotopic (exact) mass is 436 g/mol. The van der Waals surface area contributed by atoms with Gasteiger partial charge >= 0.3 is 0 Å². The van der Waals surface area contributed by atoms with Crippen molar-refractivity contribution in [2.75, 3.05) is 17.8 Å². The Hall–Kier alpha value is -3.13. The van der Waals surface area contributed by atoms with Crippen LogP contribution in [0.15, 0.2) is 53.7 Å². The molecule has 3 aromatic rings. The van der Waals surface area contributed by atoms with Crippen molar-refractivity contribution < 1.29 is 14.3 Å². The van der Waals surface area contributed by atoms with Crippen molar-refractivity contribution >= 4 is 23.4 Å². The number of hydrogen-bond acceptors (Lipinski definition) is 7. The van der Waals surface area contributed by atoms with Crippen LogP contribution in [-0.2, 0) is 4.79 Å². The second-order valence-electron chi connectivity index (χ2n) is 7.07. The highest BCUT2D eigenvalue weighted by Gasteiger charge is 2.35. The molecule has 2 heterocycles. The van der Waals surface area contributed by atoms with Crippen molar-refractivity contribution in [2.24, 2.45) is 0 Å². The van der Waals surface area contributed by atoms with E-state index >= 15 is 0 Å². The molecule has 1 aliphatic heterocycles. The molecule has 0 spiro atoms. The minimum atomic E-state index is -0.760. The van der Waals surface area contributed by atoms with Crippen molar-refractivity contribution in [3.63, 3.8) is 0 Å². The third-order valence-electron chi connectivity index (χ3n) is 4.97. The first-order valence-electron chi connectivity index (χ1n) is 10.2. The second-order valence-corrected chi connectivity index (χ2v) is 7.84. The molecule has 0 radical (unpaired) electrons. The number of anilines is 1. The van der Waals surface area contributed by atoms with Crippen LogP contribution < -0.4 is 14.4 Å². The third-order valence-corrected chi connectivity index (χ3v) is 5.51. The van der Waals surface area contributed by atoms with Gasteiger partial charge in [0, 0.05) is 12.5 Å². The Morgan fingerprint density at radius 1 is 1.16 bits per heavy atom. The zero-order valence-electron chi connectivity index (χ0n) is 17.7. The number of aromatic nitrogens is 3. The van der Waals surface area contributed by atoms with Gasteiger partial charge in [-0.05, 0) is 30.9 Å². The topological polar surface area (TPSA) is 77.4 Å². The number of fused-ring (bicyclic) bond motifs is 3. The summed E-state index contributed by atoms with van der Waals surface area (Å²) in [6.45, 7) is 4.23. The summed E-state index contributed by atoms with van der Waals surface area (Å²) in [5.74, 6) is 0.857. The fourth-order valence-electron chi connectivity index (χ4n) is 3.48. The Morgan fingerprint density at radius 3 is 2.71 bits per heavy atom. The first-order chi connectivity index (χ1) is 15.1. The first-order valence-corrected chi connectivity index (χ1v) is 11.4. The van der Waals surface area contributed by atoms with Gasteiger partial charge in [0.15, 0.2) is 5.69 Å². The average molecular weight is 437 g/mol. The van der Waals surface area contributed by atoms with Crippen LogP contribution >= 0.6 is 11.8 Å². The van der Waals surface area contributed by atoms with E-state index in [0.717, 1.165) is 24.0 Å². The average Bonchev–Trinajstić information content (AvgIpc) is 2.93. The normalized spacial score (nSPS) is 14.8. The van der Waals surface area contributed by atoms with E-state index < -0.39 is 6.23 Å². The summed E-state index contributed by atoms with van der Waals surface area (Å²) in [5.41, 5.74) is 2.69. The van der Waals surface area contributed by atoms with E-state index in [4.69, 9.17) is 9.47 Å². The summed E-state index contributed by atoms with van der Waals surface area (Å²) in [7, 11) is 0. The molecule has 0 fully saturated rings. The minimum Gasteiger partial charge on any atom is -0.493 e. The van der Waals surface area contributed by atoms with E-state index in [1.54, 1.807) is 4.90 Å². The quantitative estimate of drug-likeness (QED) is 0.402. The van der Waals surface area contributed by atoms with Crippen molar-refractivity contribution in [2.45, 2.75) is 38.1 Å². The Kier molecular flexibility index (Phi) is 6.36. The predicted octanol–water partition coefficient (Wildman–Crippen LogP) is 4.88. The standard InChI is InChI=1S/C23H24N4O3S/c1-4-5-14-29-19-13-9-7-11-17(19)22-27(15(2)28)18-12-8-6-10-16(18)20-21(30-22)24-23(31-3)26-25-20/h6-13,22H,4-5,14H2,1-3H3. The summed E-state index contributed by atoms with van der Waals surface area (Å²) in [6.07, 6.45) is 3.09. The molecule has 0 N–H and O–H groups in total. The van der Waals surface area contributed by atoms with Crippen LogP contribution in [0.3, 0.4) is 0 Å². The van der Waals surface area contributed by atoms with Crippen molar-refractivity contribution in [3.8, 4) is 22.9 Å². The lowest BCUT2D eigenvalue weighted by molar-refractivity contribution is -0.118. The van der Waals surface area contributed by atoms with Gasteiger partial charge in [-0.3, -0.25) is 9.69 Å². The molecule has 7 nitrogen and oxygen atoms in total. The Balaban J connectivity index is 1.89. The summed E-state index contributed by atoms with van der Waals surface area (Å²) >= 11 is 1.38. The highest BCUT2D eigenvalue weighted by atomic mass is 32.2. The number of thioether (sulfide) groups is 1. The van der Waals surface area contributed by atoms with Crippen LogP contribution in [0.2, 0.25) is 0 Å². The van der Waals surface area contributed by atoms with Gasteiger partial charge in [-0.25, -0.2) is 0 Å². The largest absolute Gasteiger partial charge is 0.493 e. The van der Waals surface area contributed by atoms with E-state index in [9.17, 15) is 4.79 Å². The van der Waals surface area contributed by atoms with Crippen LogP contribution in [0.5, 0.6) is 11.6 Å². The van der Waals surface area contributed by atoms with Crippen LogP contribution in [-0.4, -0.2) is 34.0 Å². The molecule has 31 heavy (non-hydrogen) atoms. The van der Waals surface area contributed by atoms with Crippen molar-refractivity contribution in [1.29, 1.82) is 0 Å². The molecular weight excluding hydrogens is 412 g/mol. The first kappa shape index (κ1) is 21.1. The number of benzene rings is 2. The zero-order valence-corrected chi connectivity index (χ0v) is 18.6. The summed E-state index contributed by atoms with van der Waals surface area (Å²) in [5, 5.41) is 9.05. The Labute approximate surface area is 185 Å². The molecule has 1 amide bonds. The molecule has 1 unspecified atom stereocenters. The lowest BCUT2D eigenvalue weighted by atomic mass is 10.1. The molecule has 0 aliphatic carbocycles. The van der Waals surface area contributed by atoms with Crippen LogP contribution in [0.25, 0.3) is 11.3 Å². The molecule has 1 aromatic heterocycles. The highest BCUT2D eigenvalue weighted by Crippen LogP contribution is 2.44. The maximum absolute atomic E-state index is 12.9. The van der Waals surface area contributed by atoms with Gasteiger partial charge in [-0.2, -0.15) is 4.98 Å². The minimum absolute atomic E-state index is 0.160. The fourth-order valence-corrected chi connectivity index (χ4v) is 3.78. The van der Waals surface area contributed by atoms with Gasteiger partial charge in [-0.15, -0.1) is 10.2 Å². The summed E-state index contributed by atoms with van der Waals surface area (Å²) in [4.78, 5) is 19.1. The van der Waals surface area contributed by atoms with Gasteiger partial charge in [0.1, 0.15) is 5.75 Å². The lowest BCUT2D eigenvalue weighted by Gasteiger charge is -2.30. The van der Waals surface area contributed by atoms with E-state index in [-0.39, 0.29) is 5.91 Å². The predicted molar refractivity (Wildman–Crippen MR) is 120 cm³/mol. The van der Waals surface area contributed by atoms with E-state index in [1.165, 1.54) is 18.7 Å². The number of amides is 1. The SMILES string of the molecule is CCCCOc1ccccc1C1Oc2nc(SC)nnc2-c2ccccc2N1C(C)=O. The number of ether oxygens (including phenoxy) is 2. The van der Waals surface area contributed by atoms with Crippen molar-refractivity contribution in [3.05, 3.63) is 54.1 Å². The van der Waals surface area contributed by atoms with Gasteiger partial charge in [0.2, 0.25) is 23.2 Å². The number of para-hydroxylation sites is 2. The smallest absolute Gasteiger partial charge is 0.247 e. The molecule has 0 bridgehead atoms. The molecule has 1 atom stereocenters. The van der Waals surface area contributed by atoms with Gasteiger partial charge in [0.05, 0.1) is 17.9 Å². The number of nitrogens with zero attached hydrogens (tertiary/aromatic N) is 4. The number of carbonyl (C=O) groups is 1. The second kappa shape index (κ2) is 9.34. The molecule has 160 valence electrons. The maximum Gasteiger partial charge on any atom is 0.247 e. The highest BCUT2D eigenvalue weighted by molar-refractivity contribution is 7.98. The number of unbranched alkanes of at least 4 members (excludes halogenated alkanes) is 1. The fraction of sp³-hybridized carbons (Fsp3) is 0.304. The van der Waals surface area contributed by atoms with E-state index in [0.29, 0.717) is 34.8 Å². The Morgan fingerprint density at radius 2 is 1.94 bits per heavy atom. The van der Waals surface area contributed by atoms with Crippen LogP contribution in [0.1, 0.15) is 38.5 Å². The van der Waals surface area contributed by atoms with Gasteiger partial charge < -0.3 is 9.47 Å². The number of hydrogen-bond donors (Lipinski definition) is 0. The van der Waals surface area contributed by atoms with Gasteiger partial charge in [0.25, 0.3) is 0 Å². The Bertz CT molecular complexity index is 1090. The maximum atomic E-state index is 12.9. The van der Waals surface area contributed by atoms with Gasteiger partial charge in [-0.1, -0.05) is 55.4 Å². The molecule has 2 aromatic carbocycles. The number of carbonyl (C=O) groups excluding carboxylic acids is 1. The molecule has 1 aliphatic rings. The third kappa shape index (κ3) is 4.20. The summed E-state index contributed by atoms with van der Waals surface area (Å²) in [6, 6.07) is 15.2. The summed E-state index contributed by atoms with van der Waals surface area (Å²) < 4.78 is 12.4. The number of rotatable bonds is 6. The molecule has 8 heteroatoms.